The van der Waals surface area contributed by atoms with Crippen molar-refractivity contribution in [3.8, 4) is 5.75 Å². The highest BCUT2D eigenvalue weighted by molar-refractivity contribution is 7.80. The zero-order chi connectivity index (χ0) is 15.4. The van der Waals surface area contributed by atoms with Gasteiger partial charge < -0.3 is 20.8 Å². The molecule has 1 heterocycles. The van der Waals surface area contributed by atoms with E-state index in [0.29, 0.717) is 11.8 Å². The van der Waals surface area contributed by atoms with Gasteiger partial charge in [-0.25, -0.2) is 0 Å². The van der Waals surface area contributed by atoms with Crippen molar-refractivity contribution in [3.05, 3.63) is 54.1 Å². The molecule has 0 fully saturated rings. The molecule has 0 saturated carbocycles. The van der Waals surface area contributed by atoms with Gasteiger partial charge in [-0.3, -0.25) is 0 Å². The highest BCUT2D eigenvalue weighted by Crippen LogP contribution is 2.23. The van der Waals surface area contributed by atoms with Gasteiger partial charge in [-0.15, -0.1) is 0 Å². The molecule has 2 aromatic rings. The molecule has 3 N–H and O–H groups in total. The van der Waals surface area contributed by atoms with Crippen LogP contribution in [0.25, 0.3) is 0 Å². The van der Waals surface area contributed by atoms with Crippen LogP contribution in [0, 0.1) is 0 Å². The van der Waals surface area contributed by atoms with E-state index in [2.05, 4.69) is 33.2 Å². The zero-order valence-electron chi connectivity index (χ0n) is 12.3. The highest BCUT2D eigenvalue weighted by Gasteiger charge is 2.16. The molecule has 0 bridgehead atoms. The number of fused-ring (bicyclic) bond motifs is 1. The van der Waals surface area contributed by atoms with E-state index in [-0.39, 0.29) is 0 Å². The van der Waals surface area contributed by atoms with Crippen LogP contribution in [0.15, 0.2) is 48.5 Å². The van der Waals surface area contributed by atoms with E-state index in [1.807, 2.05) is 36.4 Å². The molecule has 0 atom stereocenters. The largest absolute Gasteiger partial charge is 0.497 e. The van der Waals surface area contributed by atoms with Crippen molar-refractivity contribution in [2.45, 2.75) is 6.54 Å². The van der Waals surface area contributed by atoms with E-state index in [1.165, 1.54) is 5.56 Å². The molecule has 0 radical (unpaired) electrons. The Hall–Kier alpha value is -2.31. The number of para-hydroxylation sites is 1. The van der Waals surface area contributed by atoms with Crippen LogP contribution >= 0.6 is 12.2 Å². The summed E-state index contributed by atoms with van der Waals surface area (Å²) >= 11 is 5.31. The zero-order valence-corrected chi connectivity index (χ0v) is 13.1. The quantitative estimate of drug-likeness (QED) is 0.755. The van der Waals surface area contributed by atoms with Gasteiger partial charge in [0.25, 0.3) is 0 Å². The maximum absolute atomic E-state index is 5.31. The summed E-state index contributed by atoms with van der Waals surface area (Å²) in [7, 11) is 1.65. The second-order valence-corrected chi connectivity index (χ2v) is 5.39. The normalized spacial score (nSPS) is 13.1. The Kier molecular flexibility index (Phi) is 4.41. The number of anilines is 2. The van der Waals surface area contributed by atoms with Gasteiger partial charge in [-0.2, -0.15) is 5.01 Å². The van der Waals surface area contributed by atoms with Crippen molar-refractivity contribution in [2.75, 3.05) is 24.5 Å². The topological polar surface area (TPSA) is 48.6 Å². The molecule has 1 aliphatic heterocycles. The van der Waals surface area contributed by atoms with Crippen LogP contribution in [0.3, 0.4) is 0 Å². The summed E-state index contributed by atoms with van der Waals surface area (Å²) in [4.78, 5) is 0. The van der Waals surface area contributed by atoms with Gasteiger partial charge in [0.05, 0.1) is 19.5 Å². The number of thiocarbonyl (C=S) groups is 1. The number of nitrogens with one attached hydrogen (secondary N) is 3. The maximum Gasteiger partial charge on any atom is 0.171 e. The maximum atomic E-state index is 5.31. The number of benzene rings is 2. The minimum Gasteiger partial charge on any atom is -0.497 e. The van der Waals surface area contributed by atoms with Crippen molar-refractivity contribution < 1.29 is 4.74 Å². The number of hydrazine groups is 1. The first kappa shape index (κ1) is 14.6. The minimum atomic E-state index is 0.586. The number of rotatable bonds is 4. The molecule has 0 spiro atoms. The molecule has 0 unspecified atom stereocenters. The van der Waals surface area contributed by atoms with Gasteiger partial charge in [-0.05, 0) is 48.1 Å². The average Bonchev–Trinajstić information content (AvgIpc) is 2.96. The third kappa shape index (κ3) is 3.47. The van der Waals surface area contributed by atoms with Crippen molar-refractivity contribution >= 4 is 28.7 Å². The molecular weight excluding hydrogens is 296 g/mol. The smallest absolute Gasteiger partial charge is 0.171 e. The van der Waals surface area contributed by atoms with Gasteiger partial charge in [-0.1, -0.05) is 18.2 Å². The molecule has 2 aromatic carbocycles. The fourth-order valence-corrected chi connectivity index (χ4v) is 2.48. The molecule has 5 nitrogen and oxygen atoms in total. The molecule has 0 aromatic heterocycles. The van der Waals surface area contributed by atoms with Crippen LogP contribution in [-0.2, 0) is 6.54 Å². The summed E-state index contributed by atoms with van der Waals surface area (Å²) < 4.78 is 5.13. The van der Waals surface area contributed by atoms with Crippen molar-refractivity contribution in [1.82, 2.24) is 10.3 Å². The lowest BCUT2D eigenvalue weighted by atomic mass is 10.2. The van der Waals surface area contributed by atoms with E-state index in [0.717, 1.165) is 23.7 Å². The number of nitrogens with zero attached hydrogens (tertiary/aromatic N) is 1. The van der Waals surface area contributed by atoms with Crippen LogP contribution in [-0.4, -0.2) is 23.9 Å². The molecule has 6 heteroatoms. The first-order chi connectivity index (χ1) is 10.7. The molecule has 1 aliphatic rings. The standard InChI is InChI=1S/C16H18N4OS/c1-21-14-8-6-13(7-9-14)18-16(22)17-11-20-10-12-4-2-3-5-15(12)19-20/h2-9,19H,10-11H2,1H3,(H2,17,18,22). The van der Waals surface area contributed by atoms with Crippen LogP contribution < -0.4 is 20.8 Å². The predicted molar refractivity (Wildman–Crippen MR) is 92.8 cm³/mol. The lowest BCUT2D eigenvalue weighted by Gasteiger charge is -2.18. The van der Waals surface area contributed by atoms with E-state index < -0.39 is 0 Å². The summed E-state index contributed by atoms with van der Waals surface area (Å²) in [5, 5.41) is 9.00. The van der Waals surface area contributed by atoms with Gasteiger partial charge in [0.15, 0.2) is 5.11 Å². The molecule has 114 valence electrons. The van der Waals surface area contributed by atoms with Crippen molar-refractivity contribution in [1.29, 1.82) is 0 Å². The van der Waals surface area contributed by atoms with E-state index >= 15 is 0 Å². The summed E-state index contributed by atoms with van der Waals surface area (Å²) in [6.45, 7) is 1.48. The van der Waals surface area contributed by atoms with Gasteiger partial charge in [0, 0.05) is 12.2 Å². The lowest BCUT2D eigenvalue weighted by molar-refractivity contribution is 0.337. The summed E-state index contributed by atoms with van der Waals surface area (Å²) in [6.07, 6.45) is 0. The van der Waals surface area contributed by atoms with Crippen LogP contribution in [0.4, 0.5) is 11.4 Å². The Morgan fingerprint density at radius 3 is 2.73 bits per heavy atom. The van der Waals surface area contributed by atoms with Crippen molar-refractivity contribution in [2.24, 2.45) is 0 Å². The highest BCUT2D eigenvalue weighted by atomic mass is 32.1. The SMILES string of the molecule is COc1ccc(NC(=S)NCN2Cc3ccccc3N2)cc1. The average molecular weight is 314 g/mol. The van der Waals surface area contributed by atoms with E-state index in [9.17, 15) is 0 Å². The fraction of sp³-hybridized carbons (Fsp3) is 0.188. The Labute approximate surface area is 135 Å². The van der Waals surface area contributed by atoms with Gasteiger partial charge >= 0.3 is 0 Å². The Balaban J connectivity index is 1.47. The second-order valence-electron chi connectivity index (χ2n) is 4.98. The summed E-state index contributed by atoms with van der Waals surface area (Å²) in [5.74, 6) is 0.823. The molecular formula is C16H18N4OS. The number of hydrogen-bond donors (Lipinski definition) is 3. The van der Waals surface area contributed by atoms with E-state index in [4.69, 9.17) is 17.0 Å². The predicted octanol–water partition coefficient (Wildman–Crippen LogP) is 2.78. The van der Waals surface area contributed by atoms with Crippen LogP contribution in [0.2, 0.25) is 0 Å². The number of methoxy groups -OCH3 is 1. The lowest BCUT2D eigenvalue weighted by Crippen LogP contribution is -2.39. The first-order valence-electron chi connectivity index (χ1n) is 7.03. The van der Waals surface area contributed by atoms with Gasteiger partial charge in [0.1, 0.15) is 5.75 Å². The number of hydrogen-bond acceptors (Lipinski definition) is 4. The summed E-state index contributed by atoms with van der Waals surface area (Å²) in [6, 6.07) is 15.9. The Morgan fingerprint density at radius 2 is 2.00 bits per heavy atom. The molecule has 0 amide bonds. The first-order valence-corrected chi connectivity index (χ1v) is 7.44. The summed E-state index contributed by atoms with van der Waals surface area (Å²) in [5.41, 5.74) is 6.70. The Morgan fingerprint density at radius 1 is 1.23 bits per heavy atom. The molecule has 0 saturated heterocycles. The molecule has 3 rings (SSSR count). The third-order valence-corrected chi connectivity index (χ3v) is 3.68. The second kappa shape index (κ2) is 6.64. The van der Waals surface area contributed by atoms with Crippen LogP contribution in [0.5, 0.6) is 5.75 Å². The van der Waals surface area contributed by atoms with Crippen molar-refractivity contribution in [3.63, 3.8) is 0 Å². The van der Waals surface area contributed by atoms with E-state index in [1.54, 1.807) is 7.11 Å². The Bertz CT molecular complexity index is 634. The molecule has 22 heavy (non-hydrogen) atoms. The molecule has 0 aliphatic carbocycles. The fourth-order valence-electron chi connectivity index (χ4n) is 2.30. The third-order valence-electron chi connectivity index (χ3n) is 3.44. The monoisotopic (exact) mass is 314 g/mol. The van der Waals surface area contributed by atoms with Gasteiger partial charge in [0.2, 0.25) is 0 Å². The minimum absolute atomic E-state index is 0.586. The van der Waals surface area contributed by atoms with Crippen LogP contribution in [0.1, 0.15) is 5.56 Å². The number of ether oxygens (including phenoxy) is 1.